The van der Waals surface area contributed by atoms with E-state index in [-0.39, 0.29) is 5.92 Å². The molecule has 0 bridgehead atoms. The van der Waals surface area contributed by atoms with Gasteiger partial charge in [-0.25, -0.2) is 9.97 Å². The summed E-state index contributed by atoms with van der Waals surface area (Å²) in [7, 11) is 0. The third kappa shape index (κ3) is 1.85. The lowest BCUT2D eigenvalue weighted by molar-refractivity contribution is 0.0349. The third-order valence-corrected chi connectivity index (χ3v) is 4.33. The first-order valence-electron chi connectivity index (χ1n) is 6.39. The summed E-state index contributed by atoms with van der Waals surface area (Å²) >= 11 is 3.43. The summed E-state index contributed by atoms with van der Waals surface area (Å²) in [6, 6.07) is 0. The molecule has 0 amide bonds. The number of aromatic nitrogens is 3. The van der Waals surface area contributed by atoms with E-state index in [9.17, 15) is 10.2 Å². The number of nitrogen functional groups attached to an aromatic ring is 1. The molecule has 0 unspecified atom stereocenters. The zero-order valence-electron chi connectivity index (χ0n) is 10.9. The summed E-state index contributed by atoms with van der Waals surface area (Å²) in [4.78, 5) is 8.28. The Kier molecular flexibility index (Phi) is 3.27. The Morgan fingerprint density at radius 1 is 1.40 bits per heavy atom. The van der Waals surface area contributed by atoms with Gasteiger partial charge in [0.1, 0.15) is 17.9 Å². The van der Waals surface area contributed by atoms with Crippen molar-refractivity contribution in [2.75, 3.05) is 5.73 Å². The summed E-state index contributed by atoms with van der Waals surface area (Å²) in [5, 5.41) is 20.3. The van der Waals surface area contributed by atoms with Gasteiger partial charge in [0.25, 0.3) is 0 Å². The first kappa shape index (κ1) is 13.5. The molecular formula is C13H15BrN4O2. The molecule has 0 aromatic carbocycles. The van der Waals surface area contributed by atoms with Crippen LogP contribution < -0.4 is 5.73 Å². The molecule has 6 nitrogen and oxygen atoms in total. The number of fused-ring (bicyclic) bond motifs is 1. The van der Waals surface area contributed by atoms with Crippen molar-refractivity contribution in [3.63, 3.8) is 0 Å². The normalized spacial score (nSPS) is 26.2. The minimum Gasteiger partial charge on any atom is -0.389 e. The van der Waals surface area contributed by atoms with Crippen molar-refractivity contribution in [1.29, 1.82) is 0 Å². The molecule has 2 aromatic rings. The van der Waals surface area contributed by atoms with Gasteiger partial charge in [-0.3, -0.25) is 4.57 Å². The molecule has 2 aromatic heterocycles. The molecule has 0 fully saturated rings. The molecule has 1 aliphatic rings. The van der Waals surface area contributed by atoms with Crippen molar-refractivity contribution in [2.45, 2.75) is 25.6 Å². The van der Waals surface area contributed by atoms with Gasteiger partial charge in [-0.1, -0.05) is 13.0 Å². The molecule has 106 valence electrons. The fourth-order valence-electron chi connectivity index (χ4n) is 2.62. The van der Waals surface area contributed by atoms with Gasteiger partial charge in [0.15, 0.2) is 5.82 Å². The molecule has 7 heteroatoms. The number of pyridine rings is 1. The molecule has 0 spiro atoms. The van der Waals surface area contributed by atoms with Crippen LogP contribution in [0.5, 0.6) is 0 Å². The van der Waals surface area contributed by atoms with Crippen molar-refractivity contribution >= 4 is 38.5 Å². The van der Waals surface area contributed by atoms with E-state index >= 15 is 0 Å². The molecule has 2 heterocycles. The number of hydrogen-bond acceptors (Lipinski definition) is 5. The summed E-state index contributed by atoms with van der Waals surface area (Å²) in [6.07, 6.45) is 4.13. The summed E-state index contributed by atoms with van der Waals surface area (Å²) in [5.41, 5.74) is 7.75. The fourth-order valence-corrected chi connectivity index (χ4v) is 3.10. The predicted octanol–water partition coefficient (Wildman–Crippen LogP) is 1.38. The maximum Gasteiger partial charge on any atom is 0.151 e. The SMILES string of the molecule is CC[C@@H]1C=C(n2cnc3c(N)ncc(Br)c32)[C@@H](O)[C@H]1O. The van der Waals surface area contributed by atoms with Crippen LogP contribution in [0.15, 0.2) is 23.1 Å². The number of nitrogens with two attached hydrogens (primary N) is 1. The van der Waals surface area contributed by atoms with E-state index in [1.54, 1.807) is 17.1 Å². The number of imidazole rings is 1. The lowest BCUT2D eigenvalue weighted by Gasteiger charge is -2.17. The van der Waals surface area contributed by atoms with Crippen molar-refractivity contribution < 1.29 is 10.2 Å². The second kappa shape index (κ2) is 4.83. The van der Waals surface area contributed by atoms with Crippen molar-refractivity contribution in [2.24, 2.45) is 5.92 Å². The van der Waals surface area contributed by atoms with Crippen LogP contribution in [0.25, 0.3) is 16.7 Å². The number of halogens is 1. The van der Waals surface area contributed by atoms with Crippen LogP contribution in [0, 0.1) is 5.92 Å². The standard InChI is InChI=1S/C13H15BrN4O2/c1-2-6-3-8(12(20)11(6)19)18-5-17-9-10(18)7(14)4-16-13(9)15/h3-6,11-12,19-20H,2H2,1H3,(H2,15,16)/t6-,11+,12-/m1/s1. The van der Waals surface area contributed by atoms with E-state index in [2.05, 4.69) is 25.9 Å². The second-order valence-electron chi connectivity index (χ2n) is 4.90. The summed E-state index contributed by atoms with van der Waals surface area (Å²) in [5.74, 6) is 0.276. The molecule has 0 saturated carbocycles. The smallest absolute Gasteiger partial charge is 0.151 e. The zero-order chi connectivity index (χ0) is 14.4. The van der Waals surface area contributed by atoms with Crippen molar-refractivity contribution in [3.05, 3.63) is 23.1 Å². The highest BCUT2D eigenvalue weighted by molar-refractivity contribution is 9.10. The van der Waals surface area contributed by atoms with Gasteiger partial charge in [-0.15, -0.1) is 0 Å². The van der Waals surface area contributed by atoms with Crippen LogP contribution in [0.3, 0.4) is 0 Å². The van der Waals surface area contributed by atoms with Gasteiger partial charge in [0, 0.05) is 12.1 Å². The first-order valence-corrected chi connectivity index (χ1v) is 7.19. The Labute approximate surface area is 124 Å². The van der Waals surface area contributed by atoms with Gasteiger partial charge in [-0.2, -0.15) is 0 Å². The topological polar surface area (TPSA) is 97.2 Å². The number of nitrogens with zero attached hydrogens (tertiary/aromatic N) is 3. The predicted molar refractivity (Wildman–Crippen MR) is 79.7 cm³/mol. The molecule has 1 aliphatic carbocycles. The van der Waals surface area contributed by atoms with Crippen LogP contribution in [-0.4, -0.2) is 37.0 Å². The Morgan fingerprint density at radius 3 is 2.80 bits per heavy atom. The fraction of sp³-hybridized carbons (Fsp3) is 0.385. The molecule has 3 atom stereocenters. The molecule has 4 N–H and O–H groups in total. The molecular weight excluding hydrogens is 324 g/mol. The van der Waals surface area contributed by atoms with Crippen molar-refractivity contribution in [1.82, 2.24) is 14.5 Å². The van der Waals surface area contributed by atoms with E-state index in [0.29, 0.717) is 17.0 Å². The average molecular weight is 339 g/mol. The molecule has 20 heavy (non-hydrogen) atoms. The average Bonchev–Trinajstić information content (AvgIpc) is 2.99. The third-order valence-electron chi connectivity index (χ3n) is 3.75. The number of rotatable bonds is 2. The van der Waals surface area contributed by atoms with E-state index in [1.807, 2.05) is 13.0 Å². The van der Waals surface area contributed by atoms with Gasteiger partial charge >= 0.3 is 0 Å². The molecule has 0 aliphatic heterocycles. The lowest BCUT2D eigenvalue weighted by Crippen LogP contribution is -2.28. The zero-order valence-corrected chi connectivity index (χ0v) is 12.4. The maximum atomic E-state index is 10.2. The lowest BCUT2D eigenvalue weighted by atomic mass is 10.0. The first-order chi connectivity index (χ1) is 9.54. The van der Waals surface area contributed by atoms with Gasteiger partial charge in [0.2, 0.25) is 0 Å². The molecule has 0 radical (unpaired) electrons. The number of hydrogen-bond donors (Lipinski definition) is 3. The van der Waals surface area contributed by atoms with E-state index in [0.717, 1.165) is 16.4 Å². The summed E-state index contributed by atoms with van der Waals surface area (Å²) < 4.78 is 2.49. The van der Waals surface area contributed by atoms with E-state index in [1.165, 1.54) is 0 Å². The van der Waals surface area contributed by atoms with E-state index < -0.39 is 12.2 Å². The highest BCUT2D eigenvalue weighted by Gasteiger charge is 2.35. The molecule has 0 saturated heterocycles. The largest absolute Gasteiger partial charge is 0.389 e. The highest BCUT2D eigenvalue weighted by Crippen LogP contribution is 2.35. The van der Waals surface area contributed by atoms with Crippen molar-refractivity contribution in [3.8, 4) is 0 Å². The quantitative estimate of drug-likeness (QED) is 0.768. The second-order valence-corrected chi connectivity index (χ2v) is 5.76. The minimum atomic E-state index is -0.932. The molecule has 3 rings (SSSR count). The van der Waals surface area contributed by atoms with Crippen LogP contribution in [0.1, 0.15) is 13.3 Å². The number of anilines is 1. The Morgan fingerprint density at radius 2 is 2.15 bits per heavy atom. The van der Waals surface area contributed by atoms with Gasteiger partial charge in [0.05, 0.1) is 21.8 Å². The Hall–Kier alpha value is -1.44. The maximum absolute atomic E-state index is 10.2. The monoisotopic (exact) mass is 338 g/mol. The number of aliphatic hydroxyl groups is 2. The Balaban J connectivity index is 2.19. The minimum absolute atomic E-state index is 0.0598. The number of aliphatic hydroxyl groups excluding tert-OH is 2. The van der Waals surface area contributed by atoms with Crippen LogP contribution in [0.2, 0.25) is 0 Å². The van der Waals surface area contributed by atoms with Crippen LogP contribution in [0.4, 0.5) is 5.82 Å². The van der Waals surface area contributed by atoms with Crippen LogP contribution in [-0.2, 0) is 0 Å². The van der Waals surface area contributed by atoms with Gasteiger partial charge < -0.3 is 15.9 Å². The van der Waals surface area contributed by atoms with Crippen LogP contribution >= 0.6 is 15.9 Å². The van der Waals surface area contributed by atoms with E-state index in [4.69, 9.17) is 5.73 Å². The Bertz CT molecular complexity index is 697. The summed E-state index contributed by atoms with van der Waals surface area (Å²) in [6.45, 7) is 1.98. The van der Waals surface area contributed by atoms with Gasteiger partial charge in [-0.05, 0) is 22.4 Å². The highest BCUT2D eigenvalue weighted by atomic mass is 79.9.